The van der Waals surface area contributed by atoms with Crippen LogP contribution in [0, 0.1) is 0 Å². The Morgan fingerprint density at radius 3 is 2.11 bits per heavy atom. The summed E-state index contributed by atoms with van der Waals surface area (Å²) >= 11 is 0. The normalized spacial score (nSPS) is 17.5. The van der Waals surface area contributed by atoms with Crippen molar-refractivity contribution in [3.63, 3.8) is 0 Å². The summed E-state index contributed by atoms with van der Waals surface area (Å²) in [4.78, 5) is 25.3. The first-order chi connectivity index (χ1) is 8.21. The van der Waals surface area contributed by atoms with Crippen molar-refractivity contribution in [2.45, 2.75) is 25.1 Å². The second kappa shape index (κ2) is 5.45. The average molecular weight is 267 g/mol. The van der Waals surface area contributed by atoms with Gasteiger partial charge in [-0.1, -0.05) is 0 Å². The summed E-state index contributed by atoms with van der Waals surface area (Å²) in [6, 6.07) is -0.694. The lowest BCUT2D eigenvalue weighted by Crippen LogP contribution is -2.51. The SMILES string of the molecule is CN(C)C(=O)N1CCC(NC(=O)C(F)(F)F)CC1. The third-order valence-electron chi connectivity index (χ3n) is 2.74. The highest BCUT2D eigenvalue weighted by Crippen LogP contribution is 2.17. The van der Waals surface area contributed by atoms with Crippen molar-refractivity contribution in [2.75, 3.05) is 27.2 Å². The van der Waals surface area contributed by atoms with Crippen LogP contribution in [-0.2, 0) is 4.79 Å². The van der Waals surface area contributed by atoms with Crippen molar-refractivity contribution in [3.8, 4) is 0 Å². The molecule has 0 atom stereocenters. The molecule has 0 bridgehead atoms. The van der Waals surface area contributed by atoms with Gasteiger partial charge in [-0.15, -0.1) is 0 Å². The fraction of sp³-hybridized carbons (Fsp3) is 0.800. The number of hydrogen-bond acceptors (Lipinski definition) is 2. The van der Waals surface area contributed by atoms with E-state index in [0.717, 1.165) is 0 Å². The van der Waals surface area contributed by atoms with E-state index in [2.05, 4.69) is 0 Å². The van der Waals surface area contributed by atoms with E-state index in [1.54, 1.807) is 19.0 Å². The molecule has 5 nitrogen and oxygen atoms in total. The zero-order valence-electron chi connectivity index (χ0n) is 10.3. The van der Waals surface area contributed by atoms with Gasteiger partial charge in [0.1, 0.15) is 0 Å². The van der Waals surface area contributed by atoms with Crippen LogP contribution in [0.2, 0.25) is 0 Å². The van der Waals surface area contributed by atoms with Crippen LogP contribution < -0.4 is 5.32 Å². The highest BCUT2D eigenvalue weighted by atomic mass is 19.4. The van der Waals surface area contributed by atoms with Crippen molar-refractivity contribution in [2.24, 2.45) is 0 Å². The van der Waals surface area contributed by atoms with Gasteiger partial charge in [0.05, 0.1) is 0 Å². The summed E-state index contributed by atoms with van der Waals surface area (Å²) < 4.78 is 36.1. The summed E-state index contributed by atoms with van der Waals surface area (Å²) in [5.41, 5.74) is 0. The van der Waals surface area contributed by atoms with Crippen molar-refractivity contribution in [3.05, 3.63) is 0 Å². The molecule has 0 unspecified atom stereocenters. The molecule has 0 saturated carbocycles. The van der Waals surface area contributed by atoms with Gasteiger partial charge in [-0.25, -0.2) is 4.79 Å². The molecule has 0 aliphatic carbocycles. The number of rotatable bonds is 1. The fourth-order valence-electron chi connectivity index (χ4n) is 1.77. The largest absolute Gasteiger partial charge is 0.471 e. The number of alkyl halides is 3. The number of carbonyl (C=O) groups excluding carboxylic acids is 2. The van der Waals surface area contributed by atoms with Crippen LogP contribution in [0.3, 0.4) is 0 Å². The summed E-state index contributed by atoms with van der Waals surface area (Å²) in [6.45, 7) is 0.694. The molecule has 3 amide bonds. The van der Waals surface area contributed by atoms with Gasteiger partial charge in [-0.3, -0.25) is 4.79 Å². The summed E-state index contributed by atoms with van der Waals surface area (Å²) in [7, 11) is 3.22. The molecule has 0 radical (unpaired) electrons. The van der Waals surface area contributed by atoms with Gasteiger partial charge in [0.2, 0.25) is 0 Å². The van der Waals surface area contributed by atoms with Crippen LogP contribution in [0.1, 0.15) is 12.8 Å². The predicted octanol–water partition coefficient (Wildman–Crippen LogP) is 0.811. The maximum atomic E-state index is 12.0. The molecular weight excluding hydrogens is 251 g/mol. The lowest BCUT2D eigenvalue weighted by atomic mass is 10.1. The molecule has 1 saturated heterocycles. The molecule has 8 heteroatoms. The lowest BCUT2D eigenvalue weighted by Gasteiger charge is -2.33. The second-order valence-electron chi connectivity index (χ2n) is 4.41. The van der Waals surface area contributed by atoms with E-state index in [1.165, 1.54) is 4.90 Å². The Balaban J connectivity index is 2.41. The van der Waals surface area contributed by atoms with Gasteiger partial charge in [0.25, 0.3) is 0 Å². The molecule has 0 aromatic heterocycles. The van der Waals surface area contributed by atoms with E-state index >= 15 is 0 Å². The quantitative estimate of drug-likeness (QED) is 0.764. The number of piperidine rings is 1. The zero-order chi connectivity index (χ0) is 13.9. The first-order valence-corrected chi connectivity index (χ1v) is 5.55. The lowest BCUT2D eigenvalue weighted by molar-refractivity contribution is -0.174. The Labute approximate surface area is 103 Å². The van der Waals surface area contributed by atoms with Crippen molar-refractivity contribution < 1.29 is 22.8 Å². The highest BCUT2D eigenvalue weighted by Gasteiger charge is 2.40. The van der Waals surface area contributed by atoms with Crippen LogP contribution >= 0.6 is 0 Å². The molecule has 0 aromatic carbocycles. The summed E-state index contributed by atoms with van der Waals surface area (Å²) in [6.07, 6.45) is -4.18. The molecule has 1 rings (SSSR count). The van der Waals surface area contributed by atoms with E-state index in [4.69, 9.17) is 0 Å². The minimum Gasteiger partial charge on any atom is -0.345 e. The Bertz CT molecular complexity index is 323. The van der Waals surface area contributed by atoms with Crippen LogP contribution in [0.4, 0.5) is 18.0 Å². The maximum Gasteiger partial charge on any atom is 0.471 e. The van der Waals surface area contributed by atoms with Gasteiger partial charge in [-0.05, 0) is 12.8 Å². The zero-order valence-corrected chi connectivity index (χ0v) is 10.3. The Morgan fingerprint density at radius 1 is 1.22 bits per heavy atom. The van der Waals surface area contributed by atoms with Crippen molar-refractivity contribution in [1.29, 1.82) is 0 Å². The molecule has 0 aromatic rings. The van der Waals surface area contributed by atoms with E-state index in [9.17, 15) is 22.8 Å². The topological polar surface area (TPSA) is 52.7 Å². The van der Waals surface area contributed by atoms with E-state index in [-0.39, 0.29) is 6.03 Å². The molecule has 1 heterocycles. The van der Waals surface area contributed by atoms with Gasteiger partial charge in [0.15, 0.2) is 0 Å². The number of urea groups is 1. The first kappa shape index (κ1) is 14.6. The van der Waals surface area contributed by atoms with Gasteiger partial charge in [-0.2, -0.15) is 13.2 Å². The second-order valence-corrected chi connectivity index (χ2v) is 4.41. The molecule has 0 spiro atoms. The minimum absolute atomic E-state index is 0.171. The third-order valence-corrected chi connectivity index (χ3v) is 2.74. The Kier molecular flexibility index (Phi) is 4.42. The summed E-state index contributed by atoms with van der Waals surface area (Å²) in [5, 5.41) is 1.93. The molecule has 1 fully saturated rings. The number of likely N-dealkylation sites (tertiary alicyclic amines) is 1. The Morgan fingerprint density at radius 2 is 1.72 bits per heavy atom. The van der Waals surface area contributed by atoms with Gasteiger partial charge >= 0.3 is 18.1 Å². The summed E-state index contributed by atoms with van der Waals surface area (Å²) in [5.74, 6) is -1.92. The number of nitrogens with one attached hydrogen (secondary N) is 1. The fourth-order valence-corrected chi connectivity index (χ4v) is 1.77. The van der Waals surface area contributed by atoms with Crippen LogP contribution in [0.25, 0.3) is 0 Å². The molecule has 1 aliphatic heterocycles. The van der Waals surface area contributed by atoms with E-state index < -0.39 is 18.1 Å². The molecule has 104 valence electrons. The van der Waals surface area contributed by atoms with Gasteiger partial charge < -0.3 is 15.1 Å². The first-order valence-electron chi connectivity index (χ1n) is 5.55. The Hall–Kier alpha value is -1.47. The van der Waals surface area contributed by atoms with Crippen LogP contribution in [0.5, 0.6) is 0 Å². The van der Waals surface area contributed by atoms with Crippen LogP contribution in [0.15, 0.2) is 0 Å². The van der Waals surface area contributed by atoms with Crippen LogP contribution in [-0.4, -0.2) is 61.1 Å². The number of hydrogen-bond donors (Lipinski definition) is 1. The highest BCUT2D eigenvalue weighted by molar-refractivity contribution is 5.82. The van der Waals surface area contributed by atoms with Crippen molar-refractivity contribution in [1.82, 2.24) is 15.1 Å². The maximum absolute atomic E-state index is 12.0. The monoisotopic (exact) mass is 267 g/mol. The molecule has 1 aliphatic rings. The average Bonchev–Trinajstić information content (AvgIpc) is 2.27. The van der Waals surface area contributed by atoms with E-state index in [1.807, 2.05) is 5.32 Å². The number of halogens is 3. The number of nitrogens with zero attached hydrogens (tertiary/aromatic N) is 2. The predicted molar refractivity (Wildman–Crippen MR) is 57.9 cm³/mol. The van der Waals surface area contributed by atoms with Crippen molar-refractivity contribution >= 4 is 11.9 Å². The number of carbonyl (C=O) groups is 2. The third kappa shape index (κ3) is 3.78. The number of amides is 3. The van der Waals surface area contributed by atoms with E-state index in [0.29, 0.717) is 25.9 Å². The smallest absolute Gasteiger partial charge is 0.345 e. The van der Waals surface area contributed by atoms with Gasteiger partial charge in [0, 0.05) is 33.2 Å². The minimum atomic E-state index is -4.85. The standard InChI is InChI=1S/C10H16F3N3O2/c1-15(2)9(18)16-5-3-7(4-6-16)14-8(17)10(11,12)13/h7H,3-6H2,1-2H3,(H,14,17). The molecule has 1 N–H and O–H groups in total. The molecule has 18 heavy (non-hydrogen) atoms. The molecular formula is C10H16F3N3O2.